The molecule has 118 valence electrons. The van der Waals surface area contributed by atoms with Gasteiger partial charge in [-0.15, -0.1) is 10.2 Å². The lowest BCUT2D eigenvalue weighted by atomic mass is 10.1. The normalized spacial score (nSPS) is 23.2. The first-order valence-electron chi connectivity index (χ1n) is 8.20. The highest BCUT2D eigenvalue weighted by Crippen LogP contribution is 2.28. The van der Waals surface area contributed by atoms with Crippen molar-refractivity contribution in [2.45, 2.75) is 69.0 Å². The third-order valence-electron chi connectivity index (χ3n) is 4.09. The quantitative estimate of drug-likeness (QED) is 0.782. The summed E-state index contributed by atoms with van der Waals surface area (Å²) in [5.41, 5.74) is 0. The van der Waals surface area contributed by atoms with E-state index in [9.17, 15) is 0 Å². The van der Waals surface area contributed by atoms with Gasteiger partial charge in [0.05, 0.1) is 12.6 Å². The highest BCUT2D eigenvalue weighted by molar-refractivity contribution is 7.99. The van der Waals surface area contributed by atoms with Crippen molar-refractivity contribution in [2.24, 2.45) is 0 Å². The van der Waals surface area contributed by atoms with E-state index in [0.29, 0.717) is 11.4 Å². The second-order valence-corrected chi connectivity index (χ2v) is 7.79. The van der Waals surface area contributed by atoms with Crippen molar-refractivity contribution in [2.75, 3.05) is 24.6 Å². The molecule has 0 aromatic carbocycles. The molecular weight excluding hydrogens is 284 g/mol. The molecule has 6 heteroatoms. The van der Waals surface area contributed by atoms with Crippen LogP contribution in [0.1, 0.15) is 46.0 Å². The van der Waals surface area contributed by atoms with Crippen LogP contribution < -0.4 is 4.90 Å². The van der Waals surface area contributed by atoms with Crippen LogP contribution in [0.25, 0.3) is 0 Å². The van der Waals surface area contributed by atoms with Gasteiger partial charge in [-0.05, 0) is 32.1 Å². The number of hydrogen-bond acceptors (Lipinski definition) is 5. The number of piperidine rings is 1. The third-order valence-corrected chi connectivity index (χ3v) is 5.07. The molecule has 2 fully saturated rings. The number of anilines is 1. The van der Waals surface area contributed by atoms with Crippen LogP contribution in [0.5, 0.6) is 0 Å². The molecule has 0 aliphatic carbocycles. The Hall–Kier alpha value is -0.750. The van der Waals surface area contributed by atoms with Gasteiger partial charge in [0.25, 0.3) is 0 Å². The fraction of sp³-hybridized carbons (Fsp3) is 0.867. The SMILES string of the molecule is CC(C)Sc1nnc(N2CCCCC2)n1C[C@@H]1CCCO1. The number of nitrogens with zero attached hydrogens (tertiary/aromatic N) is 4. The smallest absolute Gasteiger partial charge is 0.228 e. The molecule has 1 aromatic heterocycles. The van der Waals surface area contributed by atoms with Crippen LogP contribution in [0.15, 0.2) is 5.16 Å². The topological polar surface area (TPSA) is 43.2 Å². The minimum Gasteiger partial charge on any atom is -0.376 e. The Morgan fingerprint density at radius 3 is 2.67 bits per heavy atom. The first-order valence-corrected chi connectivity index (χ1v) is 9.08. The van der Waals surface area contributed by atoms with E-state index in [1.807, 2.05) is 0 Å². The van der Waals surface area contributed by atoms with Gasteiger partial charge in [0, 0.05) is 24.9 Å². The zero-order chi connectivity index (χ0) is 14.7. The molecule has 21 heavy (non-hydrogen) atoms. The molecule has 2 aliphatic rings. The van der Waals surface area contributed by atoms with Gasteiger partial charge >= 0.3 is 0 Å². The van der Waals surface area contributed by atoms with Crippen molar-refractivity contribution in [3.63, 3.8) is 0 Å². The lowest BCUT2D eigenvalue weighted by molar-refractivity contribution is 0.0951. The monoisotopic (exact) mass is 310 g/mol. The lowest BCUT2D eigenvalue weighted by Gasteiger charge is -2.28. The molecule has 3 rings (SSSR count). The highest BCUT2D eigenvalue weighted by Gasteiger charge is 2.24. The maximum Gasteiger partial charge on any atom is 0.228 e. The fourth-order valence-electron chi connectivity index (χ4n) is 3.06. The summed E-state index contributed by atoms with van der Waals surface area (Å²) in [4.78, 5) is 2.40. The molecule has 3 heterocycles. The summed E-state index contributed by atoms with van der Waals surface area (Å²) < 4.78 is 8.12. The van der Waals surface area contributed by atoms with Crippen molar-refractivity contribution in [1.82, 2.24) is 14.8 Å². The summed E-state index contributed by atoms with van der Waals surface area (Å²) in [5.74, 6) is 1.05. The average molecular weight is 310 g/mol. The number of ether oxygens (including phenoxy) is 1. The maximum absolute atomic E-state index is 5.82. The molecule has 0 saturated carbocycles. The molecule has 0 spiro atoms. The molecule has 0 amide bonds. The standard InChI is InChI=1S/C15H26N4OS/c1-12(2)21-15-17-16-14(18-8-4-3-5-9-18)19(15)11-13-7-6-10-20-13/h12-13H,3-11H2,1-2H3/t13-/m0/s1. The van der Waals surface area contributed by atoms with E-state index in [1.54, 1.807) is 11.8 Å². The Morgan fingerprint density at radius 1 is 1.19 bits per heavy atom. The first-order chi connectivity index (χ1) is 10.2. The van der Waals surface area contributed by atoms with E-state index < -0.39 is 0 Å². The molecule has 0 bridgehead atoms. The molecule has 5 nitrogen and oxygen atoms in total. The third kappa shape index (κ3) is 3.72. The Labute approximate surface area is 131 Å². The lowest BCUT2D eigenvalue weighted by Crippen LogP contribution is -2.33. The van der Waals surface area contributed by atoms with Gasteiger partial charge < -0.3 is 9.64 Å². The number of rotatable bonds is 5. The van der Waals surface area contributed by atoms with E-state index in [4.69, 9.17) is 4.74 Å². The van der Waals surface area contributed by atoms with E-state index in [0.717, 1.165) is 43.8 Å². The van der Waals surface area contributed by atoms with Crippen molar-refractivity contribution in [1.29, 1.82) is 0 Å². The Kier molecular flexibility index (Phi) is 5.06. The zero-order valence-corrected chi connectivity index (χ0v) is 13.9. The fourth-order valence-corrected chi connectivity index (χ4v) is 3.85. The van der Waals surface area contributed by atoms with Crippen LogP contribution in [0.4, 0.5) is 5.95 Å². The minimum atomic E-state index is 0.330. The summed E-state index contributed by atoms with van der Waals surface area (Å²) in [6, 6.07) is 0. The van der Waals surface area contributed by atoms with Gasteiger partial charge in [-0.25, -0.2) is 0 Å². The van der Waals surface area contributed by atoms with Gasteiger partial charge in [0.2, 0.25) is 5.95 Å². The summed E-state index contributed by atoms with van der Waals surface area (Å²) in [6.45, 7) is 8.42. The minimum absolute atomic E-state index is 0.330. The van der Waals surface area contributed by atoms with Crippen molar-refractivity contribution in [3.8, 4) is 0 Å². The summed E-state index contributed by atoms with van der Waals surface area (Å²) in [5, 5.41) is 10.5. The van der Waals surface area contributed by atoms with Crippen molar-refractivity contribution >= 4 is 17.7 Å². The molecule has 0 N–H and O–H groups in total. The van der Waals surface area contributed by atoms with Crippen LogP contribution in [0.2, 0.25) is 0 Å². The van der Waals surface area contributed by atoms with Crippen molar-refractivity contribution in [3.05, 3.63) is 0 Å². The Bertz CT molecular complexity index is 451. The second kappa shape index (κ2) is 7.01. The Morgan fingerprint density at radius 2 is 2.00 bits per heavy atom. The summed E-state index contributed by atoms with van der Waals surface area (Å²) in [7, 11) is 0. The van der Waals surface area contributed by atoms with Gasteiger partial charge in [0.15, 0.2) is 5.16 Å². The largest absolute Gasteiger partial charge is 0.376 e. The number of aromatic nitrogens is 3. The summed E-state index contributed by atoms with van der Waals surface area (Å²) >= 11 is 1.80. The van der Waals surface area contributed by atoms with E-state index >= 15 is 0 Å². The molecule has 1 aromatic rings. The zero-order valence-electron chi connectivity index (χ0n) is 13.1. The molecular formula is C15H26N4OS. The molecule has 0 radical (unpaired) electrons. The molecule has 0 unspecified atom stereocenters. The number of hydrogen-bond donors (Lipinski definition) is 0. The predicted octanol–water partition coefficient (Wildman–Crippen LogP) is 2.95. The summed E-state index contributed by atoms with van der Waals surface area (Å²) in [6.07, 6.45) is 6.53. The van der Waals surface area contributed by atoms with Crippen LogP contribution in [0.3, 0.4) is 0 Å². The van der Waals surface area contributed by atoms with Gasteiger partial charge in [-0.1, -0.05) is 25.6 Å². The second-order valence-electron chi connectivity index (χ2n) is 6.24. The van der Waals surface area contributed by atoms with E-state index in [-0.39, 0.29) is 0 Å². The maximum atomic E-state index is 5.82. The van der Waals surface area contributed by atoms with Gasteiger partial charge in [0.1, 0.15) is 0 Å². The predicted molar refractivity (Wildman–Crippen MR) is 86.1 cm³/mol. The average Bonchev–Trinajstić information content (AvgIpc) is 3.11. The van der Waals surface area contributed by atoms with Crippen LogP contribution in [0, 0.1) is 0 Å². The van der Waals surface area contributed by atoms with E-state index in [2.05, 4.69) is 33.5 Å². The van der Waals surface area contributed by atoms with Crippen LogP contribution in [-0.4, -0.2) is 45.8 Å². The van der Waals surface area contributed by atoms with E-state index in [1.165, 1.54) is 25.7 Å². The number of thioether (sulfide) groups is 1. The van der Waals surface area contributed by atoms with Gasteiger partial charge in [-0.2, -0.15) is 0 Å². The highest BCUT2D eigenvalue weighted by atomic mass is 32.2. The Balaban J connectivity index is 1.81. The molecule has 2 aliphatic heterocycles. The van der Waals surface area contributed by atoms with Crippen LogP contribution >= 0.6 is 11.8 Å². The molecule has 2 saturated heterocycles. The van der Waals surface area contributed by atoms with Gasteiger partial charge in [-0.3, -0.25) is 4.57 Å². The first kappa shape index (κ1) is 15.2. The van der Waals surface area contributed by atoms with Crippen molar-refractivity contribution < 1.29 is 4.74 Å². The van der Waals surface area contributed by atoms with Crippen LogP contribution in [-0.2, 0) is 11.3 Å². The molecule has 1 atom stereocenters.